The number of phenols is 1. The monoisotopic (exact) mass is 559 g/mol. The van der Waals surface area contributed by atoms with Crippen LogP contribution in [0.15, 0.2) is 72.9 Å². The minimum absolute atomic E-state index is 0.0854. The van der Waals surface area contributed by atoms with Crippen LogP contribution in [0, 0.1) is 20.8 Å². The predicted octanol–water partition coefficient (Wildman–Crippen LogP) is 6.16. The number of aryl methyl sites for hydroxylation is 2. The number of pyridine rings is 1. The van der Waals surface area contributed by atoms with Crippen LogP contribution in [0.4, 0.5) is 5.69 Å². The van der Waals surface area contributed by atoms with Crippen LogP contribution in [0.5, 0.6) is 5.75 Å². The second-order valence-electron chi connectivity index (χ2n) is 9.78. The Morgan fingerprint density at radius 2 is 1.92 bits per heavy atom. The molecule has 0 spiro atoms. The number of nitrogens with one attached hydrogen (secondary N) is 2. The number of carbonyl (C=O) groups is 1. The van der Waals surface area contributed by atoms with E-state index in [-0.39, 0.29) is 30.2 Å². The maximum Gasteiger partial charge on any atom is 0.226 e. The van der Waals surface area contributed by atoms with Gasteiger partial charge in [0, 0.05) is 41.3 Å². The van der Waals surface area contributed by atoms with Crippen molar-refractivity contribution in [1.82, 2.24) is 19.8 Å². The summed E-state index contributed by atoms with van der Waals surface area (Å²) in [4.78, 5) is 19.6. The van der Waals surface area contributed by atoms with Crippen LogP contribution in [0.25, 0.3) is 5.69 Å². The molecular formula is C30H30ClN5O2S. The summed E-state index contributed by atoms with van der Waals surface area (Å²) in [6.45, 7) is 6.42. The molecule has 0 unspecified atom stereocenters. The predicted molar refractivity (Wildman–Crippen MR) is 159 cm³/mol. The third-order valence-electron chi connectivity index (χ3n) is 7.05. The van der Waals surface area contributed by atoms with Crippen molar-refractivity contribution in [1.29, 1.82) is 0 Å². The smallest absolute Gasteiger partial charge is 0.226 e. The first-order valence-corrected chi connectivity index (χ1v) is 13.5. The van der Waals surface area contributed by atoms with Crippen LogP contribution in [0.3, 0.4) is 0 Å². The highest BCUT2D eigenvalue weighted by Gasteiger charge is 2.41. The normalized spacial score (nSPS) is 16.8. The Morgan fingerprint density at radius 3 is 2.67 bits per heavy atom. The van der Waals surface area contributed by atoms with Gasteiger partial charge in [0.15, 0.2) is 5.11 Å². The number of anilines is 1. The molecule has 5 rings (SSSR count). The summed E-state index contributed by atoms with van der Waals surface area (Å²) in [5, 5.41) is 18.2. The van der Waals surface area contributed by atoms with Gasteiger partial charge in [-0.25, -0.2) is 0 Å². The first-order valence-electron chi connectivity index (χ1n) is 12.7. The number of phenolic OH excluding ortho intramolecular Hbond substituents is 1. The van der Waals surface area contributed by atoms with Gasteiger partial charge in [-0.2, -0.15) is 0 Å². The SMILES string of the molecule is Cc1cccc(NC(=O)CCN2C(=S)N[C@@H](c3ccccn3)[C@@H]2c2cc(C)n(-c3cc(Cl)ccc3O)c2C)c1. The van der Waals surface area contributed by atoms with Gasteiger partial charge < -0.3 is 25.2 Å². The summed E-state index contributed by atoms with van der Waals surface area (Å²) < 4.78 is 2.00. The van der Waals surface area contributed by atoms with E-state index in [2.05, 4.69) is 26.6 Å². The number of hydrogen-bond acceptors (Lipinski definition) is 4. The second-order valence-corrected chi connectivity index (χ2v) is 10.6. The van der Waals surface area contributed by atoms with Crippen LogP contribution in [0.2, 0.25) is 5.02 Å². The second kappa shape index (κ2) is 11.1. The number of hydrogen-bond donors (Lipinski definition) is 3. The van der Waals surface area contributed by atoms with Gasteiger partial charge in [-0.3, -0.25) is 9.78 Å². The molecule has 0 bridgehead atoms. The van der Waals surface area contributed by atoms with E-state index in [1.165, 1.54) is 0 Å². The number of aromatic nitrogens is 2. The van der Waals surface area contributed by atoms with Crippen molar-refractivity contribution in [2.45, 2.75) is 39.3 Å². The van der Waals surface area contributed by atoms with Crippen molar-refractivity contribution in [3.05, 3.63) is 106 Å². The van der Waals surface area contributed by atoms with Crippen LogP contribution in [0.1, 0.15) is 46.7 Å². The number of halogens is 1. The van der Waals surface area contributed by atoms with Crippen molar-refractivity contribution in [2.24, 2.45) is 0 Å². The highest BCUT2D eigenvalue weighted by Crippen LogP contribution is 2.42. The van der Waals surface area contributed by atoms with Gasteiger partial charge in [0.05, 0.1) is 23.5 Å². The van der Waals surface area contributed by atoms with Gasteiger partial charge in [0.2, 0.25) is 5.91 Å². The number of thiocarbonyl (C=S) groups is 1. The van der Waals surface area contributed by atoms with Gasteiger partial charge in [0.1, 0.15) is 5.75 Å². The molecule has 200 valence electrons. The van der Waals surface area contributed by atoms with Gasteiger partial charge >= 0.3 is 0 Å². The van der Waals surface area contributed by atoms with E-state index in [0.717, 1.165) is 33.9 Å². The Morgan fingerprint density at radius 1 is 1.10 bits per heavy atom. The summed E-state index contributed by atoms with van der Waals surface area (Å²) in [7, 11) is 0. The minimum Gasteiger partial charge on any atom is -0.506 e. The molecule has 0 saturated carbocycles. The Balaban J connectivity index is 1.49. The quantitative estimate of drug-likeness (QED) is 0.235. The highest BCUT2D eigenvalue weighted by atomic mass is 35.5. The van der Waals surface area contributed by atoms with Gasteiger partial charge in [-0.1, -0.05) is 29.8 Å². The van der Waals surface area contributed by atoms with E-state index < -0.39 is 0 Å². The summed E-state index contributed by atoms with van der Waals surface area (Å²) in [6, 6.07) is 20.2. The summed E-state index contributed by atoms with van der Waals surface area (Å²) in [5.41, 5.74) is 6.22. The number of benzene rings is 2. The minimum atomic E-state index is -0.222. The maximum absolute atomic E-state index is 12.9. The number of aromatic hydroxyl groups is 1. The molecule has 2 atom stereocenters. The zero-order valence-corrected chi connectivity index (χ0v) is 23.6. The molecule has 1 aliphatic heterocycles. The molecule has 3 heterocycles. The van der Waals surface area contributed by atoms with E-state index >= 15 is 0 Å². The molecule has 1 saturated heterocycles. The summed E-state index contributed by atoms with van der Waals surface area (Å²) in [6.07, 6.45) is 2.03. The average molecular weight is 560 g/mol. The van der Waals surface area contributed by atoms with Crippen molar-refractivity contribution < 1.29 is 9.90 Å². The Hall–Kier alpha value is -3.88. The molecule has 1 amide bonds. The number of carbonyl (C=O) groups excluding carboxylic acids is 1. The topological polar surface area (TPSA) is 82.4 Å². The number of rotatable bonds is 7. The first kappa shape index (κ1) is 26.7. The van der Waals surface area contributed by atoms with Crippen LogP contribution in [-0.2, 0) is 4.79 Å². The fourth-order valence-electron chi connectivity index (χ4n) is 5.29. The summed E-state index contributed by atoms with van der Waals surface area (Å²) in [5.74, 6) is 0.0523. The Bertz CT molecular complexity index is 1540. The summed E-state index contributed by atoms with van der Waals surface area (Å²) >= 11 is 12.1. The van der Waals surface area contributed by atoms with Crippen molar-refractivity contribution in [3.8, 4) is 11.4 Å². The molecule has 1 aliphatic rings. The van der Waals surface area contributed by atoms with E-state index in [1.54, 1.807) is 24.4 Å². The zero-order chi connectivity index (χ0) is 27.7. The molecule has 2 aromatic heterocycles. The van der Waals surface area contributed by atoms with Crippen molar-refractivity contribution in [2.75, 3.05) is 11.9 Å². The third kappa shape index (κ3) is 5.48. The molecule has 0 aliphatic carbocycles. The zero-order valence-electron chi connectivity index (χ0n) is 22.0. The number of amides is 1. The van der Waals surface area contributed by atoms with E-state index in [4.69, 9.17) is 23.8 Å². The molecule has 1 fully saturated rings. The van der Waals surface area contributed by atoms with Gasteiger partial charge in [0.25, 0.3) is 0 Å². The van der Waals surface area contributed by atoms with E-state index in [1.807, 2.05) is 67.8 Å². The maximum atomic E-state index is 12.9. The fourth-order valence-corrected chi connectivity index (χ4v) is 5.78. The van der Waals surface area contributed by atoms with Crippen LogP contribution in [-0.4, -0.2) is 37.1 Å². The fraction of sp³-hybridized carbons (Fsp3) is 0.233. The lowest BCUT2D eigenvalue weighted by Gasteiger charge is -2.28. The molecule has 39 heavy (non-hydrogen) atoms. The molecular weight excluding hydrogens is 530 g/mol. The van der Waals surface area contributed by atoms with E-state index in [0.29, 0.717) is 22.4 Å². The van der Waals surface area contributed by atoms with Gasteiger partial charge in [-0.05, 0) is 92.6 Å². The van der Waals surface area contributed by atoms with E-state index in [9.17, 15) is 9.90 Å². The third-order valence-corrected chi connectivity index (χ3v) is 7.63. The Labute approximate surface area is 238 Å². The number of nitrogens with zero attached hydrogens (tertiary/aromatic N) is 3. The molecule has 7 nitrogen and oxygen atoms in total. The molecule has 0 radical (unpaired) electrons. The lowest BCUT2D eigenvalue weighted by Crippen LogP contribution is -2.32. The first-order chi connectivity index (χ1) is 18.7. The Kier molecular flexibility index (Phi) is 7.59. The van der Waals surface area contributed by atoms with Crippen molar-refractivity contribution >= 4 is 40.5 Å². The molecule has 3 N–H and O–H groups in total. The lowest BCUT2D eigenvalue weighted by molar-refractivity contribution is -0.116. The largest absolute Gasteiger partial charge is 0.506 e. The van der Waals surface area contributed by atoms with Crippen LogP contribution >= 0.6 is 23.8 Å². The molecule has 2 aromatic carbocycles. The lowest BCUT2D eigenvalue weighted by atomic mass is 9.96. The van der Waals surface area contributed by atoms with Gasteiger partial charge in [-0.15, -0.1) is 0 Å². The average Bonchev–Trinajstić information content (AvgIpc) is 3.39. The van der Waals surface area contributed by atoms with Crippen molar-refractivity contribution in [3.63, 3.8) is 0 Å². The molecule has 4 aromatic rings. The molecule has 9 heteroatoms. The highest BCUT2D eigenvalue weighted by molar-refractivity contribution is 7.80. The standard InChI is InChI=1S/C30H30ClN5O2S/c1-18-7-6-8-22(15-18)33-27(38)12-14-35-29(28(34-30(35)39)24-9-4-5-13-32-24)23-16-19(2)36(20(23)3)25-17-21(31)10-11-26(25)37/h4-11,13,15-17,28-29,37H,12,14H2,1-3H3,(H,33,38)(H,34,39)/t28-,29-/m0/s1. The van der Waals surface area contributed by atoms with Crippen LogP contribution < -0.4 is 10.6 Å².